The van der Waals surface area contributed by atoms with Gasteiger partial charge in [-0.1, -0.05) is 6.07 Å². The van der Waals surface area contributed by atoms with E-state index in [0.29, 0.717) is 0 Å². The van der Waals surface area contributed by atoms with Crippen molar-refractivity contribution in [2.75, 3.05) is 0 Å². The Morgan fingerprint density at radius 1 is 1.69 bits per heavy atom. The first kappa shape index (κ1) is 10.2. The fraction of sp³-hybridized carbons (Fsp3) is 0.444. The molecule has 0 aromatic carbocycles. The van der Waals surface area contributed by atoms with Crippen molar-refractivity contribution in [1.29, 1.82) is 0 Å². The summed E-state index contributed by atoms with van der Waals surface area (Å²) >= 11 is 1.44. The summed E-state index contributed by atoms with van der Waals surface area (Å²) in [6.07, 6.45) is 0.244. The molecule has 0 radical (unpaired) electrons. The summed E-state index contributed by atoms with van der Waals surface area (Å²) < 4.78 is 0. The summed E-state index contributed by atoms with van der Waals surface area (Å²) in [5.41, 5.74) is -1.01. The van der Waals surface area contributed by atoms with Gasteiger partial charge in [-0.15, -0.1) is 11.3 Å². The molecule has 1 rings (SSSR count). The first-order valence-corrected chi connectivity index (χ1v) is 4.88. The maximum atomic E-state index is 10.3. The zero-order valence-electron chi connectivity index (χ0n) is 7.36. The van der Waals surface area contributed by atoms with Crippen LogP contribution in [0.2, 0.25) is 0 Å². The van der Waals surface area contributed by atoms with Crippen LogP contribution >= 0.6 is 11.3 Å². The van der Waals surface area contributed by atoms with Gasteiger partial charge < -0.3 is 10.2 Å². The summed E-state index contributed by atoms with van der Waals surface area (Å²) in [6.45, 7) is 1.64. The molecule has 72 valence electrons. The van der Waals surface area contributed by atoms with Gasteiger partial charge in [-0.25, -0.2) is 0 Å². The number of carbonyl (C=O) groups is 1. The Labute approximate surface area is 80.6 Å². The number of aliphatic carboxylic acids is 1. The third-order valence-electron chi connectivity index (χ3n) is 1.88. The van der Waals surface area contributed by atoms with Crippen LogP contribution in [0.1, 0.15) is 24.6 Å². The van der Waals surface area contributed by atoms with Crippen LogP contribution in [0.25, 0.3) is 0 Å². The average molecular weight is 200 g/mol. The Morgan fingerprint density at radius 3 is 2.85 bits per heavy atom. The maximum absolute atomic E-state index is 10.3. The highest BCUT2D eigenvalue weighted by Gasteiger charge is 2.24. The van der Waals surface area contributed by atoms with Crippen LogP contribution in [-0.4, -0.2) is 16.2 Å². The lowest BCUT2D eigenvalue weighted by molar-refractivity contribution is -0.138. The standard InChI is InChI=1S/C9H12O3S/c1-9(12,5-4-8(10)11)7-3-2-6-13-7/h2-3,6,12H,4-5H2,1H3,(H,10,11). The van der Waals surface area contributed by atoms with Gasteiger partial charge in [-0.05, 0) is 24.8 Å². The molecule has 3 nitrogen and oxygen atoms in total. The van der Waals surface area contributed by atoms with Crippen molar-refractivity contribution in [3.05, 3.63) is 22.4 Å². The second-order valence-corrected chi connectivity index (χ2v) is 4.09. The number of carboxylic acid groups (broad SMARTS) is 1. The van der Waals surface area contributed by atoms with Crippen LogP contribution < -0.4 is 0 Å². The normalized spacial score (nSPS) is 15.2. The van der Waals surface area contributed by atoms with Crippen LogP contribution in [0.15, 0.2) is 17.5 Å². The summed E-state index contributed by atoms with van der Waals surface area (Å²) in [4.78, 5) is 11.1. The summed E-state index contributed by atoms with van der Waals surface area (Å²) in [7, 11) is 0. The van der Waals surface area contributed by atoms with E-state index in [4.69, 9.17) is 5.11 Å². The molecule has 2 N–H and O–H groups in total. The van der Waals surface area contributed by atoms with E-state index in [1.807, 2.05) is 17.5 Å². The third kappa shape index (κ3) is 2.82. The molecule has 0 aliphatic heterocycles. The van der Waals surface area contributed by atoms with E-state index < -0.39 is 11.6 Å². The topological polar surface area (TPSA) is 57.5 Å². The van der Waals surface area contributed by atoms with Crippen molar-refractivity contribution in [3.8, 4) is 0 Å². The molecule has 1 aromatic rings. The fourth-order valence-corrected chi connectivity index (χ4v) is 1.88. The number of hydrogen-bond donors (Lipinski definition) is 2. The summed E-state index contributed by atoms with van der Waals surface area (Å²) in [5, 5.41) is 20.2. The molecule has 0 aliphatic rings. The molecule has 0 bridgehead atoms. The lowest BCUT2D eigenvalue weighted by atomic mass is 9.98. The largest absolute Gasteiger partial charge is 0.481 e. The monoisotopic (exact) mass is 200 g/mol. The van der Waals surface area contributed by atoms with Crippen LogP contribution in [0.4, 0.5) is 0 Å². The van der Waals surface area contributed by atoms with Gasteiger partial charge in [-0.2, -0.15) is 0 Å². The minimum absolute atomic E-state index is 0.00903. The number of thiophene rings is 1. The highest BCUT2D eigenvalue weighted by Crippen LogP contribution is 2.29. The Balaban J connectivity index is 2.61. The molecule has 1 unspecified atom stereocenters. The molecule has 0 saturated carbocycles. The lowest BCUT2D eigenvalue weighted by Crippen LogP contribution is -2.20. The van der Waals surface area contributed by atoms with Crippen molar-refractivity contribution in [2.45, 2.75) is 25.4 Å². The van der Waals surface area contributed by atoms with E-state index in [1.165, 1.54) is 11.3 Å². The van der Waals surface area contributed by atoms with Crippen LogP contribution in [0.5, 0.6) is 0 Å². The number of carboxylic acids is 1. The van der Waals surface area contributed by atoms with E-state index in [1.54, 1.807) is 6.92 Å². The molecule has 1 atom stereocenters. The zero-order valence-corrected chi connectivity index (χ0v) is 8.17. The molecular weight excluding hydrogens is 188 g/mol. The van der Waals surface area contributed by atoms with Gasteiger partial charge in [0.2, 0.25) is 0 Å². The van der Waals surface area contributed by atoms with Gasteiger partial charge in [0.15, 0.2) is 0 Å². The highest BCUT2D eigenvalue weighted by atomic mass is 32.1. The Morgan fingerprint density at radius 2 is 2.38 bits per heavy atom. The minimum Gasteiger partial charge on any atom is -0.481 e. The van der Waals surface area contributed by atoms with Crippen LogP contribution in [-0.2, 0) is 10.4 Å². The van der Waals surface area contributed by atoms with Gasteiger partial charge in [0.05, 0.1) is 5.60 Å². The number of hydrogen-bond acceptors (Lipinski definition) is 3. The molecule has 1 aromatic heterocycles. The zero-order chi connectivity index (χ0) is 9.90. The van der Waals surface area contributed by atoms with E-state index in [-0.39, 0.29) is 12.8 Å². The third-order valence-corrected chi connectivity index (χ3v) is 3.00. The van der Waals surface area contributed by atoms with Crippen molar-refractivity contribution >= 4 is 17.3 Å². The van der Waals surface area contributed by atoms with E-state index in [2.05, 4.69) is 0 Å². The maximum Gasteiger partial charge on any atom is 0.303 e. The summed E-state index contributed by atoms with van der Waals surface area (Å²) in [6, 6.07) is 3.65. The lowest BCUT2D eigenvalue weighted by Gasteiger charge is -2.20. The smallest absolute Gasteiger partial charge is 0.303 e. The molecular formula is C9H12O3S. The molecule has 0 amide bonds. The van der Waals surface area contributed by atoms with Crippen molar-refractivity contribution in [2.24, 2.45) is 0 Å². The van der Waals surface area contributed by atoms with Crippen LogP contribution in [0, 0.1) is 0 Å². The SMILES string of the molecule is CC(O)(CCC(=O)O)c1cccs1. The van der Waals surface area contributed by atoms with Crippen molar-refractivity contribution in [3.63, 3.8) is 0 Å². The van der Waals surface area contributed by atoms with Gasteiger partial charge in [0.25, 0.3) is 0 Å². The van der Waals surface area contributed by atoms with E-state index in [0.717, 1.165) is 4.88 Å². The highest BCUT2D eigenvalue weighted by molar-refractivity contribution is 7.10. The van der Waals surface area contributed by atoms with E-state index in [9.17, 15) is 9.90 Å². The van der Waals surface area contributed by atoms with Gasteiger partial charge in [0.1, 0.15) is 0 Å². The molecule has 1 heterocycles. The predicted octanol–water partition coefficient (Wildman–Crippen LogP) is 1.82. The Hall–Kier alpha value is -0.870. The molecule has 0 saturated heterocycles. The van der Waals surface area contributed by atoms with Crippen LogP contribution in [0.3, 0.4) is 0 Å². The molecule has 4 heteroatoms. The first-order valence-electron chi connectivity index (χ1n) is 4.00. The first-order chi connectivity index (χ1) is 6.02. The quantitative estimate of drug-likeness (QED) is 0.779. The number of aliphatic hydroxyl groups is 1. The van der Waals surface area contributed by atoms with Crippen molar-refractivity contribution in [1.82, 2.24) is 0 Å². The Kier molecular flexibility index (Phi) is 3.06. The van der Waals surface area contributed by atoms with Gasteiger partial charge in [-0.3, -0.25) is 4.79 Å². The van der Waals surface area contributed by atoms with Crippen molar-refractivity contribution < 1.29 is 15.0 Å². The minimum atomic E-state index is -1.01. The number of rotatable bonds is 4. The average Bonchev–Trinajstić information content (AvgIpc) is 2.53. The Bertz CT molecular complexity index is 277. The molecule has 13 heavy (non-hydrogen) atoms. The molecule has 0 spiro atoms. The van der Waals surface area contributed by atoms with E-state index >= 15 is 0 Å². The summed E-state index contributed by atoms with van der Waals surface area (Å²) in [5.74, 6) is -0.878. The second kappa shape index (κ2) is 3.89. The molecule has 0 aliphatic carbocycles. The van der Waals surface area contributed by atoms with Gasteiger partial charge in [0, 0.05) is 11.3 Å². The van der Waals surface area contributed by atoms with Gasteiger partial charge >= 0.3 is 5.97 Å². The predicted molar refractivity (Wildman–Crippen MR) is 50.8 cm³/mol. The molecule has 0 fully saturated rings. The fourth-order valence-electron chi connectivity index (χ4n) is 1.06. The second-order valence-electron chi connectivity index (χ2n) is 3.14.